The van der Waals surface area contributed by atoms with Crippen molar-refractivity contribution in [1.82, 2.24) is 4.90 Å². The Morgan fingerprint density at radius 2 is 1.91 bits per heavy atom. The van der Waals surface area contributed by atoms with Gasteiger partial charge in [0, 0.05) is 12.1 Å². The zero-order valence-electron chi connectivity index (χ0n) is 12.0. The molecule has 126 valence electrons. The molecule has 1 fully saturated rings. The molecular weight excluding hydrogens is 317 g/mol. The molecule has 1 aliphatic heterocycles. The van der Waals surface area contributed by atoms with Gasteiger partial charge in [0.05, 0.1) is 0 Å². The highest BCUT2D eigenvalue weighted by Gasteiger charge is 2.50. The van der Waals surface area contributed by atoms with E-state index in [1.54, 1.807) is 0 Å². The number of ether oxygens (including phenoxy) is 1. The number of piperidine rings is 1. The summed E-state index contributed by atoms with van der Waals surface area (Å²) < 4.78 is 41.8. The summed E-state index contributed by atoms with van der Waals surface area (Å²) in [5.41, 5.74) is 3.33. The van der Waals surface area contributed by atoms with Crippen LogP contribution in [0.3, 0.4) is 0 Å². The van der Waals surface area contributed by atoms with Crippen LogP contribution < -0.4 is 10.5 Å². The van der Waals surface area contributed by atoms with Gasteiger partial charge in [-0.25, -0.2) is 4.79 Å². The van der Waals surface area contributed by atoms with Gasteiger partial charge in [-0.1, -0.05) is 18.2 Å². The van der Waals surface area contributed by atoms with Crippen LogP contribution in [0.1, 0.15) is 24.8 Å². The van der Waals surface area contributed by atoms with Crippen LogP contribution in [0.25, 0.3) is 0 Å². The molecule has 3 N–H and O–H groups in total. The van der Waals surface area contributed by atoms with Crippen molar-refractivity contribution in [1.29, 1.82) is 0 Å². The number of primary amides is 1. The topological polar surface area (TPSA) is 92.9 Å². The number of hydrogen-bond donors (Lipinski definition) is 2. The number of nitrogens with zero attached hydrogens (tertiary/aromatic N) is 1. The zero-order chi connectivity index (χ0) is 17.3. The van der Waals surface area contributed by atoms with Gasteiger partial charge in [-0.3, -0.25) is 9.69 Å². The molecule has 0 aromatic heterocycles. The number of alkyl halides is 3. The molecule has 0 bridgehead atoms. The molecule has 0 saturated carbocycles. The summed E-state index contributed by atoms with van der Waals surface area (Å²) in [6, 6.07) is 4.96. The zero-order valence-corrected chi connectivity index (χ0v) is 12.0. The number of hydrogen-bond acceptors (Lipinski definition) is 3. The number of likely N-dealkylation sites (tertiary alicyclic amines) is 1. The maximum atomic E-state index is 12.6. The second-order valence-corrected chi connectivity index (χ2v) is 5.16. The Morgan fingerprint density at radius 1 is 1.26 bits per heavy atom. The summed E-state index contributed by atoms with van der Waals surface area (Å²) in [5.74, 6) is -1.66. The van der Waals surface area contributed by atoms with E-state index in [4.69, 9.17) is 5.73 Å². The lowest BCUT2D eigenvalue weighted by atomic mass is 9.79. The van der Waals surface area contributed by atoms with Gasteiger partial charge in [-0.15, -0.1) is 13.2 Å². The summed E-state index contributed by atoms with van der Waals surface area (Å²) >= 11 is 0. The first-order valence-corrected chi connectivity index (χ1v) is 6.84. The van der Waals surface area contributed by atoms with Crippen molar-refractivity contribution in [2.75, 3.05) is 6.54 Å². The first kappa shape index (κ1) is 16.9. The fraction of sp³-hybridized carbons (Fsp3) is 0.429. The van der Waals surface area contributed by atoms with Crippen molar-refractivity contribution in [3.8, 4) is 5.75 Å². The molecule has 1 unspecified atom stereocenters. The number of amides is 2. The van der Waals surface area contributed by atoms with E-state index in [0.29, 0.717) is 12.8 Å². The highest BCUT2D eigenvalue weighted by atomic mass is 19.4. The first-order valence-electron chi connectivity index (χ1n) is 6.84. The van der Waals surface area contributed by atoms with Crippen molar-refractivity contribution in [3.05, 3.63) is 29.8 Å². The van der Waals surface area contributed by atoms with Gasteiger partial charge in [-0.05, 0) is 25.3 Å². The Bertz CT molecular complexity index is 620. The monoisotopic (exact) mass is 332 g/mol. The molecule has 0 spiro atoms. The minimum absolute atomic E-state index is 0.00136. The predicted molar refractivity (Wildman–Crippen MR) is 72.6 cm³/mol. The second-order valence-electron chi connectivity index (χ2n) is 5.16. The van der Waals surface area contributed by atoms with Crippen molar-refractivity contribution in [3.63, 3.8) is 0 Å². The molecule has 2 amide bonds. The Balaban J connectivity index is 2.62. The third kappa shape index (κ3) is 3.17. The quantitative estimate of drug-likeness (QED) is 0.889. The van der Waals surface area contributed by atoms with Crippen LogP contribution in [0.2, 0.25) is 0 Å². The molecule has 1 saturated heterocycles. The molecule has 9 heteroatoms. The first-order chi connectivity index (χ1) is 10.7. The van der Waals surface area contributed by atoms with Crippen LogP contribution in [0.15, 0.2) is 24.3 Å². The van der Waals surface area contributed by atoms with E-state index in [1.807, 2.05) is 0 Å². The predicted octanol–water partition coefficient (Wildman–Crippen LogP) is 2.43. The van der Waals surface area contributed by atoms with Crippen molar-refractivity contribution < 1.29 is 32.6 Å². The maximum Gasteiger partial charge on any atom is 0.573 e. The number of para-hydroxylation sites is 1. The molecule has 6 nitrogen and oxygen atoms in total. The average molecular weight is 332 g/mol. The third-order valence-corrected chi connectivity index (χ3v) is 3.83. The Kier molecular flexibility index (Phi) is 4.39. The lowest BCUT2D eigenvalue weighted by molar-refractivity contribution is -0.275. The highest BCUT2D eigenvalue weighted by Crippen LogP contribution is 2.43. The van der Waals surface area contributed by atoms with Gasteiger partial charge < -0.3 is 15.6 Å². The smallest absolute Gasteiger partial charge is 0.465 e. The largest absolute Gasteiger partial charge is 0.573 e. The molecule has 1 atom stereocenters. The van der Waals surface area contributed by atoms with Gasteiger partial charge in [0.1, 0.15) is 5.75 Å². The van der Waals surface area contributed by atoms with E-state index in [1.165, 1.54) is 18.2 Å². The van der Waals surface area contributed by atoms with Crippen LogP contribution in [0.5, 0.6) is 5.75 Å². The van der Waals surface area contributed by atoms with Crippen LogP contribution in [-0.4, -0.2) is 34.9 Å². The molecule has 1 aliphatic rings. The SMILES string of the molecule is NC(=O)C1(c2ccccc2OC(F)(F)F)CCCCN1C(=O)O. The molecule has 1 aromatic rings. The lowest BCUT2D eigenvalue weighted by Gasteiger charge is -2.44. The molecule has 2 rings (SSSR count). The number of benzene rings is 1. The summed E-state index contributed by atoms with van der Waals surface area (Å²) in [4.78, 5) is 24.4. The van der Waals surface area contributed by atoms with Gasteiger partial charge >= 0.3 is 12.5 Å². The number of rotatable bonds is 3. The summed E-state index contributed by atoms with van der Waals surface area (Å²) in [6.07, 6.45) is -5.47. The van der Waals surface area contributed by atoms with E-state index < -0.39 is 29.7 Å². The minimum atomic E-state index is -4.97. The van der Waals surface area contributed by atoms with E-state index in [2.05, 4.69) is 4.74 Å². The molecule has 0 radical (unpaired) electrons. The third-order valence-electron chi connectivity index (χ3n) is 3.83. The lowest BCUT2D eigenvalue weighted by Crippen LogP contribution is -2.59. The molecule has 1 aromatic carbocycles. The second kappa shape index (κ2) is 5.98. The molecule has 23 heavy (non-hydrogen) atoms. The van der Waals surface area contributed by atoms with Crippen molar-refractivity contribution >= 4 is 12.0 Å². The number of nitrogens with two attached hydrogens (primary N) is 1. The van der Waals surface area contributed by atoms with Crippen LogP contribution in [0, 0.1) is 0 Å². The van der Waals surface area contributed by atoms with Gasteiger partial charge in [0.25, 0.3) is 0 Å². The molecule has 0 aliphatic carbocycles. The minimum Gasteiger partial charge on any atom is -0.465 e. The Labute approximate surface area is 129 Å². The fourth-order valence-electron chi connectivity index (χ4n) is 2.93. The maximum absolute atomic E-state index is 12.6. The molecule has 1 heterocycles. The van der Waals surface area contributed by atoms with E-state index in [-0.39, 0.29) is 18.5 Å². The summed E-state index contributed by atoms with van der Waals surface area (Å²) in [5, 5.41) is 9.36. The van der Waals surface area contributed by atoms with Crippen molar-refractivity contribution in [2.45, 2.75) is 31.2 Å². The summed E-state index contributed by atoms with van der Waals surface area (Å²) in [7, 11) is 0. The van der Waals surface area contributed by atoms with E-state index >= 15 is 0 Å². The van der Waals surface area contributed by atoms with Crippen molar-refractivity contribution in [2.24, 2.45) is 5.73 Å². The van der Waals surface area contributed by atoms with Gasteiger partial charge in [0.2, 0.25) is 5.91 Å². The van der Waals surface area contributed by atoms with Crippen LogP contribution in [0.4, 0.5) is 18.0 Å². The Hall–Kier alpha value is -2.45. The summed E-state index contributed by atoms with van der Waals surface area (Å²) in [6.45, 7) is -0.00136. The standard InChI is InChI=1S/C14H15F3N2O4/c15-14(16,17)23-10-6-2-1-5-9(10)13(11(18)20)7-3-4-8-19(13)12(21)22/h1-2,5-6H,3-4,7-8H2,(H2,18,20)(H,21,22). The molecular formula is C14H15F3N2O4. The van der Waals surface area contributed by atoms with E-state index in [9.17, 15) is 27.9 Å². The number of carbonyl (C=O) groups excluding carboxylic acids is 1. The number of halogens is 3. The van der Waals surface area contributed by atoms with Gasteiger partial charge in [0.15, 0.2) is 5.54 Å². The average Bonchev–Trinajstić information content (AvgIpc) is 2.45. The Morgan fingerprint density at radius 3 is 2.48 bits per heavy atom. The number of carbonyl (C=O) groups is 2. The highest BCUT2D eigenvalue weighted by molar-refractivity contribution is 5.90. The number of carboxylic acid groups (broad SMARTS) is 1. The van der Waals surface area contributed by atoms with Gasteiger partial charge in [-0.2, -0.15) is 0 Å². The van der Waals surface area contributed by atoms with Crippen LogP contribution in [-0.2, 0) is 10.3 Å². The van der Waals surface area contributed by atoms with E-state index in [0.717, 1.165) is 11.0 Å². The fourth-order valence-corrected chi connectivity index (χ4v) is 2.93. The normalized spacial score (nSPS) is 21.8. The van der Waals surface area contributed by atoms with Crippen LogP contribution >= 0.6 is 0 Å².